The molecule has 4 nitrogen and oxygen atoms in total. The highest BCUT2D eigenvalue weighted by molar-refractivity contribution is 9.10. The van der Waals surface area contributed by atoms with Crippen molar-refractivity contribution in [1.29, 1.82) is 0 Å². The quantitative estimate of drug-likeness (QED) is 0.925. The van der Waals surface area contributed by atoms with Gasteiger partial charge in [-0.1, -0.05) is 0 Å². The van der Waals surface area contributed by atoms with Gasteiger partial charge in [0.15, 0.2) is 0 Å². The van der Waals surface area contributed by atoms with Crippen molar-refractivity contribution in [3.63, 3.8) is 0 Å². The Morgan fingerprint density at radius 1 is 1.58 bits per heavy atom. The van der Waals surface area contributed by atoms with Crippen LogP contribution in [0.15, 0.2) is 22.8 Å². The van der Waals surface area contributed by atoms with Crippen LogP contribution in [0, 0.1) is 5.92 Å². The van der Waals surface area contributed by atoms with Gasteiger partial charge in [-0.3, -0.25) is 4.79 Å². The van der Waals surface area contributed by atoms with Crippen LogP contribution in [0.1, 0.15) is 36.7 Å². The zero-order chi connectivity index (χ0) is 13.7. The lowest BCUT2D eigenvalue weighted by atomic mass is 9.93. The molecule has 1 aliphatic rings. The molecule has 5 heteroatoms. The van der Waals surface area contributed by atoms with Gasteiger partial charge in [-0.2, -0.15) is 0 Å². The van der Waals surface area contributed by atoms with Crippen molar-refractivity contribution in [2.24, 2.45) is 5.92 Å². The van der Waals surface area contributed by atoms with Gasteiger partial charge in [0, 0.05) is 23.8 Å². The van der Waals surface area contributed by atoms with Crippen molar-refractivity contribution in [3.05, 3.63) is 28.5 Å². The van der Waals surface area contributed by atoms with Gasteiger partial charge < -0.3 is 10.1 Å². The van der Waals surface area contributed by atoms with Gasteiger partial charge in [0.25, 0.3) is 5.91 Å². The Bertz CT molecular complexity index is 422. The number of pyridine rings is 1. The molecule has 1 fully saturated rings. The fraction of sp³-hybridized carbons (Fsp3) is 0.571. The number of carbonyl (C=O) groups excluding carboxylic acids is 1. The van der Waals surface area contributed by atoms with Crippen molar-refractivity contribution in [1.82, 2.24) is 10.3 Å². The summed E-state index contributed by atoms with van der Waals surface area (Å²) in [6.45, 7) is 3.65. The van der Waals surface area contributed by atoms with Gasteiger partial charge in [0.1, 0.15) is 5.69 Å². The van der Waals surface area contributed by atoms with Crippen LogP contribution >= 0.6 is 15.9 Å². The maximum Gasteiger partial charge on any atom is 0.269 e. The van der Waals surface area contributed by atoms with Crippen molar-refractivity contribution < 1.29 is 9.53 Å². The van der Waals surface area contributed by atoms with Crippen molar-refractivity contribution in [3.8, 4) is 0 Å². The Morgan fingerprint density at radius 3 is 3.11 bits per heavy atom. The number of hydrogen-bond donors (Lipinski definition) is 1. The molecule has 0 bridgehead atoms. The minimum absolute atomic E-state index is 0.104. The summed E-state index contributed by atoms with van der Waals surface area (Å²) in [5.41, 5.74) is 0.462. The highest BCUT2D eigenvalue weighted by Gasteiger charge is 2.19. The summed E-state index contributed by atoms with van der Waals surface area (Å²) < 4.78 is 6.39. The normalized spacial score (nSPS) is 23.1. The number of aromatic nitrogens is 1. The van der Waals surface area contributed by atoms with Crippen LogP contribution in [0.5, 0.6) is 0 Å². The molecule has 104 valence electrons. The number of nitrogens with zero attached hydrogens (tertiary/aromatic N) is 1. The van der Waals surface area contributed by atoms with Gasteiger partial charge in [-0.05, 0) is 60.2 Å². The van der Waals surface area contributed by atoms with E-state index < -0.39 is 0 Å². The third kappa shape index (κ3) is 4.58. The smallest absolute Gasteiger partial charge is 0.269 e. The molecule has 1 saturated heterocycles. The molecule has 2 heterocycles. The predicted octanol–water partition coefficient (Wildman–Crippen LogP) is 2.78. The molecule has 2 unspecified atom stereocenters. The van der Waals surface area contributed by atoms with Crippen LogP contribution in [0.2, 0.25) is 0 Å². The van der Waals surface area contributed by atoms with E-state index in [4.69, 9.17) is 4.74 Å². The van der Waals surface area contributed by atoms with Crippen LogP contribution in [-0.2, 0) is 4.74 Å². The number of nitrogens with one attached hydrogen (secondary N) is 1. The van der Waals surface area contributed by atoms with E-state index in [1.54, 1.807) is 12.3 Å². The lowest BCUT2D eigenvalue weighted by molar-refractivity contribution is 0.00109. The van der Waals surface area contributed by atoms with Crippen LogP contribution in [0.4, 0.5) is 0 Å². The summed E-state index contributed by atoms with van der Waals surface area (Å²) >= 11 is 3.30. The molecule has 0 radical (unpaired) electrons. The summed E-state index contributed by atoms with van der Waals surface area (Å²) in [7, 11) is 0. The van der Waals surface area contributed by atoms with E-state index in [2.05, 4.69) is 33.2 Å². The number of ether oxygens (including phenoxy) is 1. The Labute approximate surface area is 122 Å². The maximum absolute atomic E-state index is 11.8. The summed E-state index contributed by atoms with van der Waals surface area (Å²) in [5.74, 6) is 0.550. The van der Waals surface area contributed by atoms with Gasteiger partial charge in [0.05, 0.1) is 6.10 Å². The van der Waals surface area contributed by atoms with Gasteiger partial charge >= 0.3 is 0 Å². The Balaban J connectivity index is 1.73. The highest BCUT2D eigenvalue weighted by Crippen LogP contribution is 2.22. The molecule has 2 rings (SSSR count). The molecular weight excluding hydrogens is 308 g/mol. The van der Waals surface area contributed by atoms with E-state index in [9.17, 15) is 4.79 Å². The second-order valence-electron chi connectivity index (χ2n) is 4.98. The molecule has 1 aliphatic heterocycles. The van der Waals surface area contributed by atoms with Gasteiger partial charge in [-0.15, -0.1) is 0 Å². The lowest BCUT2D eigenvalue weighted by Gasteiger charge is -2.27. The molecule has 1 amide bonds. The van der Waals surface area contributed by atoms with Crippen LogP contribution in [0.3, 0.4) is 0 Å². The molecule has 1 aromatic heterocycles. The Kier molecular flexibility index (Phi) is 5.34. The average molecular weight is 327 g/mol. The highest BCUT2D eigenvalue weighted by atomic mass is 79.9. The van der Waals surface area contributed by atoms with Crippen LogP contribution in [-0.4, -0.2) is 30.1 Å². The number of carbonyl (C=O) groups is 1. The molecule has 0 aromatic carbocycles. The third-order valence-electron chi connectivity index (χ3n) is 3.39. The molecule has 0 spiro atoms. The maximum atomic E-state index is 11.8. The van der Waals surface area contributed by atoms with Crippen molar-refractivity contribution >= 4 is 21.8 Å². The lowest BCUT2D eigenvalue weighted by Crippen LogP contribution is -2.29. The first kappa shape index (κ1) is 14.5. The molecule has 0 aliphatic carbocycles. The van der Waals surface area contributed by atoms with Crippen LogP contribution in [0.25, 0.3) is 0 Å². The molecule has 19 heavy (non-hydrogen) atoms. The molecule has 1 aromatic rings. The second-order valence-corrected chi connectivity index (χ2v) is 5.89. The van der Waals surface area contributed by atoms with E-state index in [0.29, 0.717) is 24.3 Å². The number of amides is 1. The number of rotatable bonds is 4. The van der Waals surface area contributed by atoms with E-state index in [1.807, 2.05) is 6.07 Å². The Morgan fingerprint density at radius 2 is 2.42 bits per heavy atom. The fourth-order valence-corrected chi connectivity index (χ4v) is 2.58. The van der Waals surface area contributed by atoms with Crippen molar-refractivity contribution in [2.75, 3.05) is 13.2 Å². The third-order valence-corrected chi connectivity index (χ3v) is 3.86. The SMILES string of the molecule is CC1CC(CCNC(=O)c2ccc(Br)cn2)CCO1. The summed E-state index contributed by atoms with van der Waals surface area (Å²) in [4.78, 5) is 15.9. The zero-order valence-corrected chi connectivity index (χ0v) is 12.6. The van der Waals surface area contributed by atoms with E-state index >= 15 is 0 Å². The Hall–Kier alpha value is -0.940. The molecule has 0 saturated carbocycles. The fourth-order valence-electron chi connectivity index (χ4n) is 2.34. The first-order chi connectivity index (χ1) is 9.15. The number of halogens is 1. The molecule has 1 N–H and O–H groups in total. The largest absolute Gasteiger partial charge is 0.378 e. The summed E-state index contributed by atoms with van der Waals surface area (Å²) in [6.07, 6.45) is 5.18. The monoisotopic (exact) mass is 326 g/mol. The van der Waals surface area contributed by atoms with Crippen LogP contribution < -0.4 is 5.32 Å². The van der Waals surface area contributed by atoms with Gasteiger partial charge in [0.2, 0.25) is 0 Å². The van der Waals surface area contributed by atoms with Crippen molar-refractivity contribution in [2.45, 2.75) is 32.3 Å². The second kappa shape index (κ2) is 7.01. The standard InChI is InChI=1S/C14H19BrN2O2/c1-10-8-11(5-7-19-10)4-6-16-14(18)13-3-2-12(15)9-17-13/h2-3,9-11H,4-8H2,1H3,(H,16,18). The minimum atomic E-state index is -0.104. The average Bonchev–Trinajstić information content (AvgIpc) is 2.39. The summed E-state index contributed by atoms with van der Waals surface area (Å²) in [5, 5.41) is 2.92. The first-order valence-corrected chi connectivity index (χ1v) is 7.46. The minimum Gasteiger partial charge on any atom is -0.378 e. The van der Waals surface area contributed by atoms with E-state index in [-0.39, 0.29) is 5.91 Å². The topological polar surface area (TPSA) is 51.2 Å². The molecule has 2 atom stereocenters. The summed E-state index contributed by atoms with van der Waals surface area (Å²) in [6, 6.07) is 3.54. The van der Waals surface area contributed by atoms with Gasteiger partial charge in [-0.25, -0.2) is 4.98 Å². The first-order valence-electron chi connectivity index (χ1n) is 6.66. The van der Waals surface area contributed by atoms with E-state index in [0.717, 1.165) is 30.3 Å². The zero-order valence-electron chi connectivity index (χ0n) is 11.1. The predicted molar refractivity (Wildman–Crippen MR) is 77.0 cm³/mol. The molecular formula is C14H19BrN2O2. The van der Waals surface area contributed by atoms with E-state index in [1.165, 1.54) is 0 Å². The number of hydrogen-bond acceptors (Lipinski definition) is 3.